The Balaban J connectivity index is 2.40. The largest absolute Gasteiger partial charge is 0.326 e. The van der Waals surface area contributed by atoms with Gasteiger partial charge in [-0.05, 0) is 12.0 Å². The zero-order valence-electron chi connectivity index (χ0n) is 10.0. The van der Waals surface area contributed by atoms with Crippen molar-refractivity contribution in [3.63, 3.8) is 0 Å². The van der Waals surface area contributed by atoms with Crippen LogP contribution in [0.1, 0.15) is 54.9 Å². The van der Waals surface area contributed by atoms with Gasteiger partial charge in [0.05, 0.1) is 0 Å². The number of nitrogens with two attached hydrogens (primary N) is 1. The van der Waals surface area contributed by atoms with Gasteiger partial charge in [0, 0.05) is 18.5 Å². The maximum Gasteiger partial charge on any atom is 0.162 e. The number of carbonyl (C=O) groups is 1. The van der Waals surface area contributed by atoms with E-state index < -0.39 is 0 Å². The molecular formula is C14H21NO. The second-order valence-corrected chi connectivity index (χ2v) is 4.13. The summed E-state index contributed by atoms with van der Waals surface area (Å²) in [6.07, 6.45) is 5.26. The maximum absolute atomic E-state index is 11.8. The molecular weight excluding hydrogens is 198 g/mol. The highest BCUT2D eigenvalue weighted by Gasteiger charge is 2.04. The van der Waals surface area contributed by atoms with Crippen molar-refractivity contribution in [2.24, 2.45) is 5.73 Å². The third-order valence-corrected chi connectivity index (χ3v) is 2.77. The Kier molecular flexibility index (Phi) is 5.79. The molecule has 2 N–H and O–H groups in total. The SMILES string of the molecule is CCCCCCC(=O)c1ccc(CN)cc1. The van der Waals surface area contributed by atoms with Crippen molar-refractivity contribution >= 4 is 5.78 Å². The van der Waals surface area contributed by atoms with E-state index in [1.165, 1.54) is 12.8 Å². The predicted molar refractivity (Wildman–Crippen MR) is 67.4 cm³/mol. The number of benzene rings is 1. The molecule has 0 bridgehead atoms. The molecule has 0 atom stereocenters. The number of Topliss-reactive ketones (excluding diaryl/α,β-unsaturated/α-hetero) is 1. The second kappa shape index (κ2) is 7.18. The number of ketones is 1. The molecule has 2 heteroatoms. The van der Waals surface area contributed by atoms with Crippen LogP contribution >= 0.6 is 0 Å². The molecule has 0 heterocycles. The van der Waals surface area contributed by atoms with Gasteiger partial charge in [-0.2, -0.15) is 0 Å². The average Bonchev–Trinajstić information content (AvgIpc) is 2.34. The highest BCUT2D eigenvalue weighted by Crippen LogP contribution is 2.10. The van der Waals surface area contributed by atoms with Crippen LogP contribution in [-0.2, 0) is 6.54 Å². The topological polar surface area (TPSA) is 43.1 Å². The summed E-state index contributed by atoms with van der Waals surface area (Å²) in [6.45, 7) is 2.71. The Hall–Kier alpha value is -1.15. The van der Waals surface area contributed by atoms with E-state index in [4.69, 9.17) is 5.73 Å². The predicted octanol–water partition coefficient (Wildman–Crippen LogP) is 3.30. The highest BCUT2D eigenvalue weighted by atomic mass is 16.1. The number of unbranched alkanes of at least 4 members (excludes halogenated alkanes) is 3. The lowest BCUT2D eigenvalue weighted by Crippen LogP contribution is -2.01. The molecule has 0 saturated heterocycles. The summed E-state index contributed by atoms with van der Waals surface area (Å²) in [5.41, 5.74) is 7.39. The molecule has 88 valence electrons. The van der Waals surface area contributed by atoms with Crippen LogP contribution < -0.4 is 5.73 Å². The van der Waals surface area contributed by atoms with Crippen LogP contribution in [0.25, 0.3) is 0 Å². The smallest absolute Gasteiger partial charge is 0.162 e. The van der Waals surface area contributed by atoms with Gasteiger partial charge in [-0.3, -0.25) is 4.79 Å². The van der Waals surface area contributed by atoms with Crippen LogP contribution in [0, 0.1) is 0 Å². The lowest BCUT2D eigenvalue weighted by atomic mass is 10.0. The van der Waals surface area contributed by atoms with Crippen LogP contribution in [0.4, 0.5) is 0 Å². The first kappa shape index (κ1) is 12.9. The third kappa shape index (κ3) is 4.15. The lowest BCUT2D eigenvalue weighted by molar-refractivity contribution is 0.0979. The summed E-state index contributed by atoms with van der Waals surface area (Å²) in [7, 11) is 0. The maximum atomic E-state index is 11.8. The summed E-state index contributed by atoms with van der Waals surface area (Å²) in [5.74, 6) is 0.250. The summed E-state index contributed by atoms with van der Waals surface area (Å²) in [6, 6.07) is 7.62. The van der Waals surface area contributed by atoms with E-state index in [0.717, 1.165) is 24.0 Å². The molecule has 0 unspecified atom stereocenters. The van der Waals surface area contributed by atoms with Crippen molar-refractivity contribution < 1.29 is 4.79 Å². The molecule has 0 fully saturated rings. The van der Waals surface area contributed by atoms with Gasteiger partial charge in [-0.15, -0.1) is 0 Å². The molecule has 0 radical (unpaired) electrons. The standard InChI is InChI=1S/C14H21NO/c1-2-3-4-5-6-14(16)13-9-7-12(11-15)8-10-13/h7-10H,2-6,11,15H2,1H3. The van der Waals surface area contributed by atoms with E-state index in [-0.39, 0.29) is 5.78 Å². The fourth-order valence-corrected chi connectivity index (χ4v) is 1.68. The minimum atomic E-state index is 0.250. The molecule has 0 aliphatic carbocycles. The first-order valence-electron chi connectivity index (χ1n) is 6.10. The third-order valence-electron chi connectivity index (χ3n) is 2.77. The summed E-state index contributed by atoms with van der Waals surface area (Å²) < 4.78 is 0. The van der Waals surface area contributed by atoms with Gasteiger partial charge in [0.2, 0.25) is 0 Å². The zero-order valence-corrected chi connectivity index (χ0v) is 10.0. The Labute approximate surface area is 97.9 Å². The highest BCUT2D eigenvalue weighted by molar-refractivity contribution is 5.96. The van der Waals surface area contributed by atoms with Crippen LogP contribution in [0.5, 0.6) is 0 Å². The zero-order chi connectivity index (χ0) is 11.8. The molecule has 1 rings (SSSR count). The van der Waals surface area contributed by atoms with Crippen LogP contribution in [-0.4, -0.2) is 5.78 Å². The van der Waals surface area contributed by atoms with Crippen molar-refractivity contribution in [3.8, 4) is 0 Å². The van der Waals surface area contributed by atoms with Crippen LogP contribution in [0.2, 0.25) is 0 Å². The summed E-state index contributed by atoms with van der Waals surface area (Å²) >= 11 is 0. The second-order valence-electron chi connectivity index (χ2n) is 4.13. The van der Waals surface area contributed by atoms with E-state index in [1.807, 2.05) is 24.3 Å². The van der Waals surface area contributed by atoms with Gasteiger partial charge in [0.15, 0.2) is 5.78 Å². The van der Waals surface area contributed by atoms with Gasteiger partial charge in [-0.25, -0.2) is 0 Å². The van der Waals surface area contributed by atoms with Gasteiger partial charge in [0.25, 0.3) is 0 Å². The molecule has 0 amide bonds. The van der Waals surface area contributed by atoms with Gasteiger partial charge < -0.3 is 5.73 Å². The van der Waals surface area contributed by atoms with Gasteiger partial charge in [-0.1, -0.05) is 50.5 Å². The molecule has 0 aliphatic heterocycles. The van der Waals surface area contributed by atoms with E-state index in [0.29, 0.717) is 13.0 Å². The van der Waals surface area contributed by atoms with Crippen molar-refractivity contribution in [1.29, 1.82) is 0 Å². The fraction of sp³-hybridized carbons (Fsp3) is 0.500. The minimum absolute atomic E-state index is 0.250. The molecule has 0 aliphatic rings. The molecule has 0 aromatic heterocycles. The van der Waals surface area contributed by atoms with Crippen molar-refractivity contribution in [2.45, 2.75) is 45.6 Å². The molecule has 1 aromatic rings. The number of hydrogen-bond acceptors (Lipinski definition) is 2. The molecule has 0 saturated carbocycles. The quantitative estimate of drug-likeness (QED) is 0.565. The van der Waals surface area contributed by atoms with E-state index >= 15 is 0 Å². The normalized spacial score (nSPS) is 10.4. The Bertz CT molecular complexity index is 316. The Morgan fingerprint density at radius 2 is 1.81 bits per heavy atom. The number of rotatable bonds is 7. The van der Waals surface area contributed by atoms with Gasteiger partial charge >= 0.3 is 0 Å². The molecule has 2 nitrogen and oxygen atoms in total. The van der Waals surface area contributed by atoms with E-state index in [9.17, 15) is 4.79 Å². The minimum Gasteiger partial charge on any atom is -0.326 e. The molecule has 1 aromatic carbocycles. The summed E-state index contributed by atoms with van der Waals surface area (Å²) in [4.78, 5) is 11.8. The fourth-order valence-electron chi connectivity index (χ4n) is 1.68. The van der Waals surface area contributed by atoms with Crippen molar-refractivity contribution in [3.05, 3.63) is 35.4 Å². The number of carbonyl (C=O) groups excluding carboxylic acids is 1. The first-order chi connectivity index (χ1) is 7.77. The van der Waals surface area contributed by atoms with Crippen molar-refractivity contribution in [1.82, 2.24) is 0 Å². The van der Waals surface area contributed by atoms with Crippen molar-refractivity contribution in [2.75, 3.05) is 0 Å². The Morgan fingerprint density at radius 1 is 1.12 bits per heavy atom. The van der Waals surface area contributed by atoms with E-state index in [2.05, 4.69) is 6.92 Å². The van der Waals surface area contributed by atoms with Crippen LogP contribution in [0.15, 0.2) is 24.3 Å². The monoisotopic (exact) mass is 219 g/mol. The molecule has 16 heavy (non-hydrogen) atoms. The lowest BCUT2D eigenvalue weighted by Gasteiger charge is -2.02. The Morgan fingerprint density at radius 3 is 2.38 bits per heavy atom. The number of hydrogen-bond donors (Lipinski definition) is 1. The van der Waals surface area contributed by atoms with Crippen LogP contribution in [0.3, 0.4) is 0 Å². The van der Waals surface area contributed by atoms with Gasteiger partial charge in [0.1, 0.15) is 0 Å². The molecule has 0 spiro atoms. The average molecular weight is 219 g/mol. The summed E-state index contributed by atoms with van der Waals surface area (Å²) in [5, 5.41) is 0. The first-order valence-corrected chi connectivity index (χ1v) is 6.10. The van der Waals surface area contributed by atoms with E-state index in [1.54, 1.807) is 0 Å².